The molecule has 4 aromatic rings. The van der Waals surface area contributed by atoms with E-state index >= 15 is 0 Å². The molecule has 1 aliphatic heterocycles. The molecule has 11 heteroatoms. The van der Waals surface area contributed by atoms with Crippen molar-refractivity contribution in [2.24, 2.45) is 7.05 Å². The van der Waals surface area contributed by atoms with E-state index in [0.717, 1.165) is 5.69 Å². The van der Waals surface area contributed by atoms with Gasteiger partial charge in [-0.3, -0.25) is 18.8 Å². The Hall–Kier alpha value is -3.50. The first-order valence-electron chi connectivity index (χ1n) is 10.5. The van der Waals surface area contributed by atoms with Crippen LogP contribution in [0.5, 0.6) is 0 Å². The molecule has 0 atom stereocenters. The highest BCUT2D eigenvalue weighted by atomic mass is 35.5. The molecule has 0 unspecified atom stereocenters. The zero-order valence-electron chi connectivity index (χ0n) is 17.9. The molecular weight excluding hydrogens is 446 g/mol. The zero-order valence-corrected chi connectivity index (χ0v) is 18.7. The van der Waals surface area contributed by atoms with Crippen LogP contribution in [0.1, 0.15) is 23.2 Å². The number of aryl methyl sites for hydroxylation is 1. The molecule has 1 fully saturated rings. The average Bonchev–Trinajstić information content (AvgIpc) is 3.39. The number of para-hydroxylation sites is 1. The van der Waals surface area contributed by atoms with Gasteiger partial charge in [0.15, 0.2) is 10.8 Å². The third kappa shape index (κ3) is 3.91. The Morgan fingerprint density at radius 1 is 1.21 bits per heavy atom. The molecule has 0 spiro atoms. The first-order valence-corrected chi connectivity index (χ1v) is 10.9. The number of carbonyl (C=O) groups is 1. The lowest BCUT2D eigenvalue weighted by atomic mass is 9.91. The third-order valence-electron chi connectivity index (χ3n) is 6.02. The lowest BCUT2D eigenvalue weighted by Gasteiger charge is -2.38. The Labute approximate surface area is 193 Å². The first kappa shape index (κ1) is 21.4. The molecule has 1 aromatic carbocycles. The summed E-state index contributed by atoms with van der Waals surface area (Å²) in [6, 6.07) is 9.45. The second-order valence-electron chi connectivity index (χ2n) is 8.33. The molecule has 10 nitrogen and oxygen atoms in total. The fourth-order valence-corrected chi connectivity index (χ4v) is 4.44. The van der Waals surface area contributed by atoms with Gasteiger partial charge in [-0.1, -0.05) is 29.8 Å². The van der Waals surface area contributed by atoms with Crippen LogP contribution in [-0.2, 0) is 13.6 Å². The Morgan fingerprint density at radius 3 is 2.61 bits per heavy atom. The summed E-state index contributed by atoms with van der Waals surface area (Å²) in [7, 11) is 1.70. The summed E-state index contributed by atoms with van der Waals surface area (Å²) in [5.41, 5.74) is 0.205. The van der Waals surface area contributed by atoms with Crippen molar-refractivity contribution in [1.82, 2.24) is 34.0 Å². The first-order chi connectivity index (χ1) is 15.8. The van der Waals surface area contributed by atoms with E-state index in [4.69, 9.17) is 11.6 Å². The van der Waals surface area contributed by atoms with Crippen molar-refractivity contribution in [3.05, 3.63) is 70.1 Å². The summed E-state index contributed by atoms with van der Waals surface area (Å²) in [4.78, 5) is 31.9. The van der Waals surface area contributed by atoms with Gasteiger partial charge in [-0.2, -0.15) is 10.2 Å². The van der Waals surface area contributed by atoms with Crippen molar-refractivity contribution in [3.8, 4) is 5.69 Å². The van der Waals surface area contributed by atoms with Crippen LogP contribution in [0.3, 0.4) is 0 Å². The second-order valence-corrected chi connectivity index (χ2v) is 8.69. The fraction of sp³-hybridized carbons (Fsp3) is 0.318. The van der Waals surface area contributed by atoms with Crippen LogP contribution in [0, 0.1) is 0 Å². The largest absolute Gasteiger partial charge is 0.388 e. The van der Waals surface area contributed by atoms with Gasteiger partial charge >= 0.3 is 0 Å². The highest BCUT2D eigenvalue weighted by Gasteiger charge is 2.35. The van der Waals surface area contributed by atoms with E-state index in [0.29, 0.717) is 42.5 Å². The number of carbonyl (C=O) groups excluding carboxylic acids is 1. The average molecular weight is 468 g/mol. The minimum atomic E-state index is -1.13. The van der Waals surface area contributed by atoms with Crippen molar-refractivity contribution in [1.29, 1.82) is 0 Å². The van der Waals surface area contributed by atoms with Crippen LogP contribution in [0.25, 0.3) is 16.7 Å². The van der Waals surface area contributed by atoms with Crippen LogP contribution < -0.4 is 5.56 Å². The molecule has 5 rings (SSSR count). The Bertz CT molecular complexity index is 1380. The molecule has 1 N–H and O–H groups in total. The standard InChI is InChI=1S/C22H22ClN7O3/c1-27-12-17(18(23)26-27)21(32)28-9-7-22(33,8-10-28)13-29-14-24-19-16(20(29)31)11-25-30(19)15-5-3-2-4-6-15/h2-6,11-12,14,33H,7-10,13H2,1H3. The highest BCUT2D eigenvalue weighted by Crippen LogP contribution is 2.26. The van der Waals surface area contributed by atoms with E-state index in [9.17, 15) is 14.7 Å². The van der Waals surface area contributed by atoms with Crippen LogP contribution in [0.15, 0.2) is 53.8 Å². The Kier molecular flexibility index (Phi) is 5.26. The third-order valence-corrected chi connectivity index (χ3v) is 6.29. The number of nitrogens with zero attached hydrogens (tertiary/aromatic N) is 7. The molecule has 1 amide bonds. The second kappa shape index (κ2) is 8.13. The van der Waals surface area contributed by atoms with Crippen LogP contribution in [-0.4, -0.2) is 63.7 Å². The van der Waals surface area contributed by atoms with E-state index in [1.165, 1.54) is 21.8 Å². The molecule has 4 heterocycles. The van der Waals surface area contributed by atoms with Gasteiger partial charge in [0.05, 0.1) is 29.6 Å². The number of rotatable bonds is 4. The maximum Gasteiger partial charge on any atom is 0.264 e. The Balaban J connectivity index is 1.33. The molecule has 3 aromatic heterocycles. The highest BCUT2D eigenvalue weighted by molar-refractivity contribution is 6.32. The molecule has 0 bridgehead atoms. The van der Waals surface area contributed by atoms with Crippen molar-refractivity contribution in [3.63, 3.8) is 0 Å². The van der Waals surface area contributed by atoms with Gasteiger partial charge in [0, 0.05) is 26.3 Å². The molecule has 0 saturated carbocycles. The van der Waals surface area contributed by atoms with Gasteiger partial charge in [-0.25, -0.2) is 9.67 Å². The monoisotopic (exact) mass is 467 g/mol. The zero-order chi connectivity index (χ0) is 23.2. The number of benzene rings is 1. The SMILES string of the molecule is Cn1cc(C(=O)N2CCC(O)(Cn3cnc4c(cnn4-c4ccccc4)c3=O)CC2)c(Cl)n1. The van der Waals surface area contributed by atoms with Crippen molar-refractivity contribution in [2.45, 2.75) is 25.0 Å². The lowest BCUT2D eigenvalue weighted by Crippen LogP contribution is -2.49. The van der Waals surface area contributed by atoms with E-state index in [2.05, 4.69) is 15.2 Å². The van der Waals surface area contributed by atoms with E-state index < -0.39 is 5.60 Å². The summed E-state index contributed by atoms with van der Waals surface area (Å²) in [5, 5.41) is 20.0. The van der Waals surface area contributed by atoms with Crippen molar-refractivity contribution < 1.29 is 9.90 Å². The minimum absolute atomic E-state index is 0.0843. The smallest absolute Gasteiger partial charge is 0.264 e. The normalized spacial score (nSPS) is 15.8. The maximum atomic E-state index is 13.1. The predicted octanol–water partition coefficient (Wildman–Crippen LogP) is 1.64. The molecule has 1 saturated heterocycles. The summed E-state index contributed by atoms with van der Waals surface area (Å²) in [6.45, 7) is 0.773. The number of likely N-dealkylation sites (tertiary alicyclic amines) is 1. The van der Waals surface area contributed by atoms with Crippen molar-refractivity contribution in [2.75, 3.05) is 13.1 Å². The summed E-state index contributed by atoms with van der Waals surface area (Å²) in [5.74, 6) is -0.219. The lowest BCUT2D eigenvalue weighted by molar-refractivity contribution is -0.0299. The topological polar surface area (TPSA) is 111 Å². The number of hydrogen-bond acceptors (Lipinski definition) is 6. The Morgan fingerprint density at radius 2 is 1.94 bits per heavy atom. The van der Waals surface area contributed by atoms with Crippen LogP contribution >= 0.6 is 11.6 Å². The molecule has 1 aliphatic rings. The quantitative estimate of drug-likeness (QED) is 0.488. The molecular formula is C22H22ClN7O3. The van der Waals surface area contributed by atoms with Crippen LogP contribution in [0.4, 0.5) is 0 Å². The summed E-state index contributed by atoms with van der Waals surface area (Å²) < 4.78 is 4.52. The molecule has 170 valence electrons. The number of aliphatic hydroxyl groups is 1. The minimum Gasteiger partial charge on any atom is -0.388 e. The van der Waals surface area contributed by atoms with Gasteiger partial charge in [0.1, 0.15) is 11.7 Å². The molecule has 33 heavy (non-hydrogen) atoms. The summed E-state index contributed by atoms with van der Waals surface area (Å²) in [6.07, 6.45) is 5.17. The number of halogens is 1. The van der Waals surface area contributed by atoms with Crippen LogP contribution in [0.2, 0.25) is 5.15 Å². The van der Waals surface area contributed by atoms with E-state index in [1.54, 1.807) is 22.8 Å². The van der Waals surface area contributed by atoms with E-state index in [-0.39, 0.29) is 23.2 Å². The van der Waals surface area contributed by atoms with E-state index in [1.807, 2.05) is 30.3 Å². The number of aromatic nitrogens is 6. The number of fused-ring (bicyclic) bond motifs is 1. The van der Waals surface area contributed by atoms with Gasteiger partial charge in [-0.15, -0.1) is 0 Å². The maximum absolute atomic E-state index is 13.1. The summed E-state index contributed by atoms with van der Waals surface area (Å²) >= 11 is 6.05. The fourth-order valence-electron chi connectivity index (χ4n) is 4.20. The van der Waals surface area contributed by atoms with Crippen molar-refractivity contribution >= 4 is 28.5 Å². The molecule has 0 aliphatic carbocycles. The number of hydrogen-bond donors (Lipinski definition) is 1. The van der Waals surface area contributed by atoms with Gasteiger partial charge in [0.25, 0.3) is 11.5 Å². The van der Waals surface area contributed by atoms with Gasteiger partial charge in [0.2, 0.25) is 0 Å². The molecule has 0 radical (unpaired) electrons. The number of piperidine rings is 1. The number of amides is 1. The van der Waals surface area contributed by atoms with Gasteiger partial charge < -0.3 is 10.0 Å². The van der Waals surface area contributed by atoms with Gasteiger partial charge in [-0.05, 0) is 25.0 Å². The predicted molar refractivity (Wildman–Crippen MR) is 121 cm³/mol.